The van der Waals surface area contributed by atoms with Crippen molar-refractivity contribution in [2.45, 2.75) is 38.0 Å². The number of hydrogen-bond donors (Lipinski definition) is 1. The third-order valence-electron chi connectivity index (χ3n) is 6.34. The van der Waals surface area contributed by atoms with E-state index in [1.807, 2.05) is 37.3 Å². The number of fused-ring (bicyclic) bond motifs is 1. The number of benzene rings is 2. The first-order chi connectivity index (χ1) is 15.9. The Balaban J connectivity index is 1.64. The Kier molecular flexibility index (Phi) is 6.56. The number of amides is 1. The molecule has 0 radical (unpaired) electrons. The van der Waals surface area contributed by atoms with E-state index < -0.39 is 10.0 Å². The topological polar surface area (TPSA) is 90.3 Å². The van der Waals surface area contributed by atoms with Gasteiger partial charge in [0.15, 0.2) is 0 Å². The first-order valence-electron chi connectivity index (χ1n) is 11.2. The predicted octanol–water partition coefficient (Wildman–Crippen LogP) is 3.34. The molecule has 1 aromatic heterocycles. The van der Waals surface area contributed by atoms with Crippen LogP contribution < -0.4 is 10.1 Å². The van der Waals surface area contributed by atoms with Crippen molar-refractivity contribution in [3.63, 3.8) is 0 Å². The van der Waals surface area contributed by atoms with Crippen LogP contribution in [0.2, 0.25) is 0 Å². The van der Waals surface area contributed by atoms with Crippen LogP contribution in [0.25, 0.3) is 0 Å². The molecule has 0 saturated heterocycles. The molecule has 0 aliphatic heterocycles. The Bertz CT molecular complexity index is 1240. The van der Waals surface area contributed by atoms with Gasteiger partial charge in [-0.2, -0.15) is 9.19 Å². The molecule has 1 N–H and O–H groups in total. The zero-order valence-electron chi connectivity index (χ0n) is 19.0. The van der Waals surface area contributed by atoms with E-state index in [2.05, 4.69) is 22.5 Å². The van der Waals surface area contributed by atoms with Crippen LogP contribution in [0.5, 0.6) is 5.75 Å². The Morgan fingerprint density at radius 2 is 1.88 bits per heavy atom. The fourth-order valence-corrected chi connectivity index (χ4v) is 6.08. The van der Waals surface area contributed by atoms with Crippen molar-refractivity contribution in [3.8, 4) is 5.75 Å². The molecule has 7 nitrogen and oxygen atoms in total. The normalized spacial score (nSPS) is 17.9. The second-order valence-corrected chi connectivity index (χ2v) is 10.4. The van der Waals surface area contributed by atoms with Gasteiger partial charge in [0.1, 0.15) is 5.75 Å². The predicted molar refractivity (Wildman–Crippen MR) is 127 cm³/mol. The summed E-state index contributed by atoms with van der Waals surface area (Å²) in [5, 5.41) is 7.34. The van der Waals surface area contributed by atoms with Crippen LogP contribution in [0.15, 0.2) is 60.8 Å². The SMILES string of the molecule is CCCS(=O)(=O)n1ncc2c1CCC(CNC(=O)c1ccccc1OC)(c1ccccc1)C2. The Morgan fingerprint density at radius 1 is 1.15 bits per heavy atom. The maximum Gasteiger partial charge on any atom is 0.255 e. The fraction of sp³-hybridized carbons (Fsp3) is 0.360. The first kappa shape index (κ1) is 23.0. The Labute approximate surface area is 194 Å². The first-order valence-corrected chi connectivity index (χ1v) is 12.8. The van der Waals surface area contributed by atoms with Gasteiger partial charge in [-0.15, -0.1) is 0 Å². The Hall–Kier alpha value is -3.13. The molecule has 1 aliphatic carbocycles. The zero-order chi connectivity index (χ0) is 23.5. The molecule has 0 saturated carbocycles. The quantitative estimate of drug-likeness (QED) is 0.549. The molecule has 1 heterocycles. The molecule has 1 amide bonds. The van der Waals surface area contributed by atoms with Crippen molar-refractivity contribution in [3.05, 3.63) is 83.2 Å². The molecule has 0 spiro atoms. The van der Waals surface area contributed by atoms with E-state index in [4.69, 9.17) is 4.74 Å². The van der Waals surface area contributed by atoms with Gasteiger partial charge in [-0.25, -0.2) is 8.42 Å². The number of nitrogens with zero attached hydrogens (tertiary/aromatic N) is 2. The summed E-state index contributed by atoms with van der Waals surface area (Å²) in [5.74, 6) is 0.395. The smallest absolute Gasteiger partial charge is 0.255 e. The van der Waals surface area contributed by atoms with Crippen molar-refractivity contribution in [1.29, 1.82) is 0 Å². The minimum Gasteiger partial charge on any atom is -0.496 e. The van der Waals surface area contributed by atoms with Gasteiger partial charge in [-0.05, 0) is 48.9 Å². The van der Waals surface area contributed by atoms with Crippen molar-refractivity contribution >= 4 is 15.9 Å². The molecule has 1 unspecified atom stereocenters. The number of nitrogens with one attached hydrogen (secondary N) is 1. The number of rotatable bonds is 8. The van der Waals surface area contributed by atoms with Crippen LogP contribution in [-0.4, -0.2) is 42.9 Å². The van der Waals surface area contributed by atoms with Crippen LogP contribution in [0.3, 0.4) is 0 Å². The van der Waals surface area contributed by atoms with Gasteiger partial charge in [0, 0.05) is 12.0 Å². The third-order valence-corrected chi connectivity index (χ3v) is 8.11. The van der Waals surface area contributed by atoms with Gasteiger partial charge in [0.05, 0.1) is 30.3 Å². The number of ether oxygens (including phenoxy) is 1. The average molecular weight is 468 g/mol. The monoisotopic (exact) mass is 467 g/mol. The number of carbonyl (C=O) groups is 1. The lowest BCUT2D eigenvalue weighted by atomic mass is 9.69. The maximum absolute atomic E-state index is 13.0. The van der Waals surface area contributed by atoms with Crippen molar-refractivity contribution in [1.82, 2.24) is 14.5 Å². The minimum absolute atomic E-state index is 0.0694. The second kappa shape index (κ2) is 9.39. The molecule has 2 aromatic carbocycles. The van der Waals surface area contributed by atoms with Crippen molar-refractivity contribution in [2.24, 2.45) is 0 Å². The van der Waals surface area contributed by atoms with Crippen LogP contribution in [0, 0.1) is 0 Å². The van der Waals surface area contributed by atoms with Gasteiger partial charge in [-0.3, -0.25) is 4.79 Å². The molecule has 174 valence electrons. The fourth-order valence-electron chi connectivity index (χ4n) is 4.66. The highest BCUT2D eigenvalue weighted by atomic mass is 32.2. The van der Waals surface area contributed by atoms with Crippen LogP contribution >= 0.6 is 0 Å². The summed E-state index contributed by atoms with van der Waals surface area (Å²) in [4.78, 5) is 13.0. The van der Waals surface area contributed by atoms with Gasteiger partial charge in [0.2, 0.25) is 0 Å². The van der Waals surface area contributed by atoms with E-state index in [1.54, 1.807) is 25.4 Å². The van der Waals surface area contributed by atoms with Gasteiger partial charge < -0.3 is 10.1 Å². The van der Waals surface area contributed by atoms with E-state index in [1.165, 1.54) is 4.09 Å². The molecule has 8 heteroatoms. The molecular weight excluding hydrogens is 438 g/mol. The number of para-hydroxylation sites is 1. The molecular formula is C25H29N3O4S. The summed E-state index contributed by atoms with van der Waals surface area (Å²) in [5.41, 5.74) is 2.90. The molecule has 33 heavy (non-hydrogen) atoms. The van der Waals surface area contributed by atoms with E-state index >= 15 is 0 Å². The number of carbonyl (C=O) groups excluding carboxylic acids is 1. The highest BCUT2D eigenvalue weighted by molar-refractivity contribution is 7.89. The van der Waals surface area contributed by atoms with Crippen LogP contribution in [0.4, 0.5) is 0 Å². The molecule has 3 aromatic rings. The standard InChI is InChI=1S/C25H29N3O4S/c1-3-15-33(30,31)28-22-13-14-25(16-19(22)17-27-28,20-9-5-4-6-10-20)18-26-24(29)21-11-7-8-12-23(21)32-2/h4-12,17H,3,13-16,18H2,1-2H3,(H,26,29). The lowest BCUT2D eigenvalue weighted by molar-refractivity contribution is 0.0937. The van der Waals surface area contributed by atoms with Gasteiger partial charge in [0.25, 0.3) is 15.9 Å². The summed E-state index contributed by atoms with van der Waals surface area (Å²) >= 11 is 0. The molecule has 0 fully saturated rings. The average Bonchev–Trinajstić information content (AvgIpc) is 3.27. The van der Waals surface area contributed by atoms with E-state index in [-0.39, 0.29) is 17.1 Å². The third kappa shape index (κ3) is 4.53. The highest BCUT2D eigenvalue weighted by Crippen LogP contribution is 2.39. The Morgan fingerprint density at radius 3 is 2.61 bits per heavy atom. The minimum atomic E-state index is -3.46. The molecule has 4 rings (SSSR count). The zero-order valence-corrected chi connectivity index (χ0v) is 19.8. The second-order valence-electron chi connectivity index (χ2n) is 8.48. The highest BCUT2D eigenvalue weighted by Gasteiger charge is 2.39. The van der Waals surface area contributed by atoms with Gasteiger partial charge >= 0.3 is 0 Å². The maximum atomic E-state index is 13.0. The number of methoxy groups -OCH3 is 1. The van der Waals surface area contributed by atoms with Crippen LogP contribution in [-0.2, 0) is 28.3 Å². The summed E-state index contributed by atoms with van der Waals surface area (Å²) in [7, 11) is -1.91. The summed E-state index contributed by atoms with van der Waals surface area (Å²) in [6, 6.07) is 17.2. The van der Waals surface area contributed by atoms with Crippen molar-refractivity contribution in [2.75, 3.05) is 19.4 Å². The molecule has 1 atom stereocenters. The lowest BCUT2D eigenvalue weighted by Crippen LogP contribution is -2.45. The number of hydrogen-bond acceptors (Lipinski definition) is 5. The van der Waals surface area contributed by atoms with Gasteiger partial charge in [-0.1, -0.05) is 49.4 Å². The summed E-state index contributed by atoms with van der Waals surface area (Å²) in [6.07, 6.45) is 4.07. The summed E-state index contributed by atoms with van der Waals surface area (Å²) in [6.45, 7) is 2.26. The number of aromatic nitrogens is 2. The van der Waals surface area contributed by atoms with Crippen molar-refractivity contribution < 1.29 is 17.9 Å². The van der Waals surface area contributed by atoms with E-state index in [0.717, 1.165) is 16.8 Å². The molecule has 0 bridgehead atoms. The lowest BCUT2D eigenvalue weighted by Gasteiger charge is -2.38. The van der Waals surface area contributed by atoms with Crippen LogP contribution in [0.1, 0.15) is 46.9 Å². The largest absolute Gasteiger partial charge is 0.496 e. The molecule has 1 aliphatic rings. The summed E-state index contributed by atoms with van der Waals surface area (Å²) < 4.78 is 31.9. The van der Waals surface area contributed by atoms with E-state index in [0.29, 0.717) is 43.5 Å². The van der Waals surface area contributed by atoms with E-state index in [9.17, 15) is 13.2 Å².